The fourth-order valence-electron chi connectivity index (χ4n) is 2.08. The van der Waals surface area contributed by atoms with Crippen LogP contribution in [-0.4, -0.2) is 17.0 Å². The molecule has 0 saturated carbocycles. The van der Waals surface area contributed by atoms with E-state index >= 15 is 0 Å². The summed E-state index contributed by atoms with van der Waals surface area (Å²) in [5.41, 5.74) is 2.13. The van der Waals surface area contributed by atoms with Crippen LogP contribution in [0.15, 0.2) is 24.3 Å². The highest BCUT2D eigenvalue weighted by molar-refractivity contribution is 6.30. The molecule has 20 heavy (non-hydrogen) atoms. The van der Waals surface area contributed by atoms with Gasteiger partial charge in [0, 0.05) is 17.6 Å². The van der Waals surface area contributed by atoms with Gasteiger partial charge < -0.3 is 10.6 Å². The van der Waals surface area contributed by atoms with Crippen LogP contribution in [-0.2, 0) is 0 Å². The molecule has 0 aliphatic rings. The van der Waals surface area contributed by atoms with Gasteiger partial charge in [-0.25, -0.2) is 9.97 Å². The van der Waals surface area contributed by atoms with Crippen molar-refractivity contribution in [1.82, 2.24) is 9.97 Å². The Morgan fingerprint density at radius 1 is 1.15 bits per heavy atom. The Hall–Kier alpha value is -1.81. The molecule has 0 amide bonds. The summed E-state index contributed by atoms with van der Waals surface area (Å²) in [5, 5.41) is 7.24. The normalized spacial score (nSPS) is 12.1. The summed E-state index contributed by atoms with van der Waals surface area (Å²) in [6.07, 6.45) is 0. The molecule has 0 aliphatic carbocycles. The molecule has 0 saturated heterocycles. The second-order valence-corrected chi connectivity index (χ2v) is 5.20. The van der Waals surface area contributed by atoms with E-state index in [1.165, 1.54) is 0 Å². The van der Waals surface area contributed by atoms with Crippen LogP contribution >= 0.6 is 11.6 Å². The topological polar surface area (TPSA) is 49.8 Å². The third-order valence-corrected chi connectivity index (χ3v) is 3.43. The minimum absolute atomic E-state index is 0.117. The molecule has 106 valence electrons. The zero-order valence-electron chi connectivity index (χ0n) is 12.2. The Morgan fingerprint density at radius 2 is 1.85 bits per heavy atom. The van der Waals surface area contributed by atoms with Crippen molar-refractivity contribution in [2.45, 2.75) is 26.8 Å². The van der Waals surface area contributed by atoms with Gasteiger partial charge in [-0.1, -0.05) is 23.7 Å². The zero-order chi connectivity index (χ0) is 14.7. The molecule has 0 spiro atoms. The average molecular weight is 291 g/mol. The highest BCUT2D eigenvalue weighted by Gasteiger charge is 2.12. The second kappa shape index (κ2) is 6.09. The Morgan fingerprint density at radius 3 is 2.50 bits per heavy atom. The molecule has 1 aromatic heterocycles. The second-order valence-electron chi connectivity index (χ2n) is 4.76. The molecule has 2 aromatic rings. The summed E-state index contributed by atoms with van der Waals surface area (Å²) >= 11 is 6.03. The summed E-state index contributed by atoms with van der Waals surface area (Å²) in [6, 6.07) is 7.95. The number of aryl methyl sites for hydroxylation is 1. The van der Waals surface area contributed by atoms with E-state index in [1.54, 1.807) is 0 Å². The van der Waals surface area contributed by atoms with Crippen molar-refractivity contribution in [2.75, 3.05) is 17.7 Å². The summed E-state index contributed by atoms with van der Waals surface area (Å²) in [4.78, 5) is 8.84. The molecule has 5 heteroatoms. The lowest BCUT2D eigenvalue weighted by atomic mass is 10.1. The number of halogens is 1. The fraction of sp³-hybridized carbons (Fsp3) is 0.333. The number of nitrogens with zero attached hydrogens (tertiary/aromatic N) is 2. The number of hydrogen-bond acceptors (Lipinski definition) is 4. The van der Waals surface area contributed by atoms with Gasteiger partial charge in [0.05, 0.1) is 6.04 Å². The Bertz CT molecular complexity index is 613. The molecule has 4 nitrogen and oxygen atoms in total. The van der Waals surface area contributed by atoms with E-state index in [-0.39, 0.29) is 6.04 Å². The van der Waals surface area contributed by atoms with E-state index in [4.69, 9.17) is 11.6 Å². The van der Waals surface area contributed by atoms with Crippen molar-refractivity contribution >= 4 is 23.2 Å². The number of aromatic nitrogens is 2. The van der Waals surface area contributed by atoms with Crippen molar-refractivity contribution in [3.8, 4) is 0 Å². The molecule has 1 heterocycles. The maximum absolute atomic E-state index is 6.03. The number of nitrogens with one attached hydrogen (secondary N) is 2. The number of benzene rings is 1. The minimum Gasteiger partial charge on any atom is -0.373 e. The predicted molar refractivity (Wildman–Crippen MR) is 84.5 cm³/mol. The molecular formula is C15H19ClN4. The van der Waals surface area contributed by atoms with Crippen LogP contribution in [0.3, 0.4) is 0 Å². The monoisotopic (exact) mass is 290 g/mol. The fourth-order valence-corrected chi connectivity index (χ4v) is 2.28. The summed E-state index contributed by atoms with van der Waals surface area (Å²) in [7, 11) is 1.86. The Balaban J connectivity index is 2.28. The third-order valence-electron chi connectivity index (χ3n) is 3.20. The first-order valence-electron chi connectivity index (χ1n) is 6.56. The van der Waals surface area contributed by atoms with Gasteiger partial charge in [0.1, 0.15) is 17.5 Å². The van der Waals surface area contributed by atoms with E-state index in [1.807, 2.05) is 45.2 Å². The van der Waals surface area contributed by atoms with Gasteiger partial charge in [-0.05, 0) is 38.5 Å². The Labute approximate surface area is 124 Å². The van der Waals surface area contributed by atoms with E-state index < -0.39 is 0 Å². The molecule has 1 aromatic carbocycles. The number of anilines is 2. The quantitative estimate of drug-likeness (QED) is 0.895. The van der Waals surface area contributed by atoms with Crippen molar-refractivity contribution in [3.05, 3.63) is 46.2 Å². The first-order chi connectivity index (χ1) is 9.51. The van der Waals surface area contributed by atoms with Gasteiger partial charge in [0.2, 0.25) is 0 Å². The van der Waals surface area contributed by atoms with Gasteiger partial charge in [-0.2, -0.15) is 0 Å². The lowest BCUT2D eigenvalue weighted by Crippen LogP contribution is -2.12. The molecule has 0 fully saturated rings. The maximum Gasteiger partial charge on any atom is 0.135 e. The molecule has 2 rings (SSSR count). The van der Waals surface area contributed by atoms with Gasteiger partial charge in [0.25, 0.3) is 0 Å². The SMILES string of the molecule is CNc1nc(C)nc(NC(C)c2cccc(Cl)c2)c1C. The highest BCUT2D eigenvalue weighted by Crippen LogP contribution is 2.25. The zero-order valence-corrected chi connectivity index (χ0v) is 12.9. The lowest BCUT2D eigenvalue weighted by molar-refractivity contribution is 0.863. The van der Waals surface area contributed by atoms with Gasteiger partial charge in [-0.3, -0.25) is 0 Å². The van der Waals surface area contributed by atoms with Crippen LogP contribution in [0, 0.1) is 13.8 Å². The van der Waals surface area contributed by atoms with Crippen LogP contribution in [0.2, 0.25) is 5.02 Å². The van der Waals surface area contributed by atoms with E-state index in [9.17, 15) is 0 Å². The molecular weight excluding hydrogens is 272 g/mol. The largest absolute Gasteiger partial charge is 0.373 e. The standard InChI is InChI=1S/C15H19ClN4/c1-9-14(17-4)19-11(3)20-15(9)18-10(2)12-6-5-7-13(16)8-12/h5-8,10H,1-4H3,(H2,17,18,19,20). The first kappa shape index (κ1) is 14.6. The smallest absolute Gasteiger partial charge is 0.135 e. The average Bonchev–Trinajstić information content (AvgIpc) is 2.42. The van der Waals surface area contributed by atoms with Crippen molar-refractivity contribution in [2.24, 2.45) is 0 Å². The van der Waals surface area contributed by atoms with Gasteiger partial charge in [0.15, 0.2) is 0 Å². The molecule has 1 atom stereocenters. The molecule has 2 N–H and O–H groups in total. The maximum atomic E-state index is 6.03. The van der Waals surface area contributed by atoms with Gasteiger partial charge >= 0.3 is 0 Å². The third kappa shape index (κ3) is 3.20. The van der Waals surface area contributed by atoms with Crippen molar-refractivity contribution < 1.29 is 0 Å². The highest BCUT2D eigenvalue weighted by atomic mass is 35.5. The van der Waals surface area contributed by atoms with Crippen LogP contribution in [0.5, 0.6) is 0 Å². The lowest BCUT2D eigenvalue weighted by Gasteiger charge is -2.18. The van der Waals surface area contributed by atoms with Crippen LogP contribution in [0.4, 0.5) is 11.6 Å². The summed E-state index contributed by atoms with van der Waals surface area (Å²) in [6.45, 7) is 5.97. The number of hydrogen-bond donors (Lipinski definition) is 2. The van der Waals surface area contributed by atoms with E-state index in [2.05, 4.69) is 27.5 Å². The molecule has 0 bridgehead atoms. The van der Waals surface area contributed by atoms with Crippen LogP contribution < -0.4 is 10.6 Å². The first-order valence-corrected chi connectivity index (χ1v) is 6.94. The summed E-state index contributed by atoms with van der Waals surface area (Å²) in [5.74, 6) is 2.42. The summed E-state index contributed by atoms with van der Waals surface area (Å²) < 4.78 is 0. The van der Waals surface area contributed by atoms with Crippen LogP contribution in [0.1, 0.15) is 29.9 Å². The molecule has 0 aliphatic heterocycles. The predicted octanol–water partition coefficient (Wildman–Crippen LogP) is 3.96. The van der Waals surface area contributed by atoms with Crippen LogP contribution in [0.25, 0.3) is 0 Å². The minimum atomic E-state index is 0.117. The van der Waals surface area contributed by atoms with Crippen molar-refractivity contribution in [3.63, 3.8) is 0 Å². The Kier molecular flexibility index (Phi) is 4.45. The van der Waals surface area contributed by atoms with E-state index in [0.29, 0.717) is 0 Å². The van der Waals surface area contributed by atoms with Gasteiger partial charge in [-0.15, -0.1) is 0 Å². The number of rotatable bonds is 4. The van der Waals surface area contributed by atoms with Crippen molar-refractivity contribution in [1.29, 1.82) is 0 Å². The van der Waals surface area contributed by atoms with E-state index in [0.717, 1.165) is 33.6 Å². The molecule has 1 unspecified atom stereocenters. The molecule has 0 radical (unpaired) electrons.